The Kier molecular flexibility index (Phi) is 9.31. The van der Waals surface area contributed by atoms with Crippen molar-refractivity contribution in [1.82, 2.24) is 20.1 Å². The molecule has 3 aromatic heterocycles. The van der Waals surface area contributed by atoms with Crippen molar-refractivity contribution < 1.29 is 33.0 Å². The average molecular weight is 717 g/mol. The fraction of sp³-hybridized carbons (Fsp3) is 0.273. The number of hydrogen-bond donors (Lipinski definition) is 3. The van der Waals surface area contributed by atoms with E-state index in [1.807, 2.05) is 10.9 Å². The van der Waals surface area contributed by atoms with Gasteiger partial charge in [0, 0.05) is 39.2 Å². The van der Waals surface area contributed by atoms with Crippen LogP contribution < -0.4 is 20.5 Å². The maximum Gasteiger partial charge on any atom is 0.251 e. The largest absolute Gasteiger partial charge is 0.494 e. The molecular weight excluding hydrogens is 687 g/mol. The summed E-state index contributed by atoms with van der Waals surface area (Å²) in [7, 11) is 1.49. The molecule has 250 valence electrons. The lowest BCUT2D eigenvalue weighted by Gasteiger charge is -2.29. The second kappa shape index (κ2) is 13.3. The highest BCUT2D eigenvalue weighted by Crippen LogP contribution is 2.42. The number of carbonyl (C=O) groups excluding carboxylic acids is 2. The van der Waals surface area contributed by atoms with Crippen LogP contribution in [-0.4, -0.2) is 51.9 Å². The summed E-state index contributed by atoms with van der Waals surface area (Å²) in [5.74, 6) is -2.91. The van der Waals surface area contributed by atoms with Gasteiger partial charge in [0.25, 0.3) is 5.91 Å². The SMILES string of the molecule is CCOc1c(CC(N)=O)cc(C(O)(CNC(=O)c2cc(OC)c3nn(C4CC4)cc3c2)c2ccc(Cl)s2)nc1-c1cc(Cl)c(F)cc1F. The van der Waals surface area contributed by atoms with Gasteiger partial charge in [0.1, 0.15) is 34.3 Å². The lowest BCUT2D eigenvalue weighted by molar-refractivity contribution is -0.117. The van der Waals surface area contributed by atoms with Gasteiger partial charge in [-0.1, -0.05) is 23.2 Å². The van der Waals surface area contributed by atoms with E-state index in [-0.39, 0.29) is 56.8 Å². The maximum atomic E-state index is 15.3. The number of hydrogen-bond acceptors (Lipinski definition) is 8. The third-order valence-corrected chi connectivity index (χ3v) is 9.54. The number of halogens is 4. The minimum absolute atomic E-state index is 0.00985. The topological polar surface area (TPSA) is 142 Å². The molecule has 15 heteroatoms. The van der Waals surface area contributed by atoms with E-state index in [0.29, 0.717) is 33.1 Å². The first-order valence-corrected chi connectivity index (χ1v) is 16.4. The number of primary amides is 1. The molecule has 1 fully saturated rings. The van der Waals surface area contributed by atoms with Gasteiger partial charge < -0.3 is 25.6 Å². The molecular formula is C33H29Cl2F2N5O5S. The summed E-state index contributed by atoms with van der Waals surface area (Å²) < 4.78 is 43.0. The first kappa shape index (κ1) is 33.6. The molecule has 1 unspecified atom stereocenters. The van der Waals surface area contributed by atoms with E-state index in [1.54, 1.807) is 31.2 Å². The maximum absolute atomic E-state index is 15.3. The number of rotatable bonds is 12. The van der Waals surface area contributed by atoms with Crippen LogP contribution in [0.2, 0.25) is 9.36 Å². The molecule has 2 amide bonds. The Balaban J connectivity index is 1.45. The predicted octanol–water partition coefficient (Wildman–Crippen LogP) is 6.18. The van der Waals surface area contributed by atoms with E-state index in [2.05, 4.69) is 15.4 Å². The summed E-state index contributed by atoms with van der Waals surface area (Å²) in [4.78, 5) is 30.7. The molecule has 1 atom stereocenters. The summed E-state index contributed by atoms with van der Waals surface area (Å²) in [6.07, 6.45) is 3.54. The van der Waals surface area contributed by atoms with Gasteiger partial charge in [-0.2, -0.15) is 5.10 Å². The van der Waals surface area contributed by atoms with Crippen LogP contribution in [0.3, 0.4) is 0 Å². The fourth-order valence-corrected chi connectivity index (χ4v) is 6.70. The molecule has 0 aliphatic heterocycles. The summed E-state index contributed by atoms with van der Waals surface area (Å²) >= 11 is 13.3. The van der Waals surface area contributed by atoms with Crippen LogP contribution in [0.1, 0.15) is 52.3 Å². The minimum atomic E-state index is -2.08. The lowest BCUT2D eigenvalue weighted by Crippen LogP contribution is -2.42. The van der Waals surface area contributed by atoms with E-state index in [0.717, 1.165) is 30.2 Å². The van der Waals surface area contributed by atoms with Crippen LogP contribution in [0.25, 0.3) is 22.2 Å². The zero-order chi connectivity index (χ0) is 34.3. The summed E-state index contributed by atoms with van der Waals surface area (Å²) in [6.45, 7) is 1.32. The standard InChI is InChI=1S/C33H29Cl2F2N5O5S/c1-3-47-31-16(11-28(38)43)10-25(40-30(31)20-12-21(34)23(37)13-22(20)36)33(45,26-6-7-27(35)48-26)15-39-32(44)17-8-18-14-42(19-4-5-19)41-29(18)24(9-17)46-2/h6-10,12-14,19,45H,3-5,11,15H2,1-2H3,(H2,38,43)(H,39,44). The first-order chi connectivity index (χ1) is 22.9. The number of nitrogens with zero attached hydrogens (tertiary/aromatic N) is 3. The molecule has 5 aromatic rings. The van der Waals surface area contributed by atoms with Gasteiger partial charge in [-0.15, -0.1) is 11.3 Å². The molecule has 1 aliphatic rings. The van der Waals surface area contributed by atoms with E-state index in [9.17, 15) is 19.1 Å². The summed E-state index contributed by atoms with van der Waals surface area (Å²) in [5, 5.41) is 20.1. The van der Waals surface area contributed by atoms with Gasteiger partial charge in [-0.05, 0) is 56.2 Å². The summed E-state index contributed by atoms with van der Waals surface area (Å²) in [5.41, 5.74) is 4.00. The van der Waals surface area contributed by atoms with Gasteiger partial charge >= 0.3 is 0 Å². The van der Waals surface area contributed by atoms with Gasteiger partial charge in [0.2, 0.25) is 5.91 Å². The van der Waals surface area contributed by atoms with E-state index in [1.165, 1.54) is 13.2 Å². The van der Waals surface area contributed by atoms with Crippen molar-refractivity contribution in [3.05, 3.63) is 91.4 Å². The van der Waals surface area contributed by atoms with Crippen LogP contribution in [0.5, 0.6) is 11.5 Å². The third-order valence-electron chi connectivity index (χ3n) is 7.87. The van der Waals surface area contributed by atoms with Gasteiger partial charge in [0.05, 0.1) is 47.8 Å². The highest BCUT2D eigenvalue weighted by atomic mass is 35.5. The van der Waals surface area contributed by atoms with Crippen LogP contribution in [0.15, 0.2) is 48.7 Å². The highest BCUT2D eigenvalue weighted by Gasteiger charge is 2.38. The molecule has 1 aliphatic carbocycles. The number of ether oxygens (including phenoxy) is 2. The molecule has 0 bridgehead atoms. The minimum Gasteiger partial charge on any atom is -0.494 e. The van der Waals surface area contributed by atoms with Crippen LogP contribution in [0, 0.1) is 11.6 Å². The zero-order valence-corrected chi connectivity index (χ0v) is 28.0. The van der Waals surface area contributed by atoms with Gasteiger partial charge in [0.15, 0.2) is 5.60 Å². The molecule has 4 N–H and O–H groups in total. The van der Waals surface area contributed by atoms with Crippen molar-refractivity contribution in [2.24, 2.45) is 5.73 Å². The van der Waals surface area contributed by atoms with Crippen molar-refractivity contribution in [3.8, 4) is 22.8 Å². The fourth-order valence-electron chi connectivity index (χ4n) is 5.39. The molecule has 0 saturated heterocycles. The number of aliphatic hydroxyl groups is 1. The van der Waals surface area contributed by atoms with E-state index in [4.69, 9.17) is 38.4 Å². The predicted molar refractivity (Wildman–Crippen MR) is 178 cm³/mol. The van der Waals surface area contributed by atoms with Crippen molar-refractivity contribution >= 4 is 57.3 Å². The van der Waals surface area contributed by atoms with Gasteiger partial charge in [-0.25, -0.2) is 13.8 Å². The second-order valence-electron chi connectivity index (χ2n) is 11.3. The Bertz CT molecular complexity index is 2070. The number of thiophene rings is 1. The molecule has 2 aromatic carbocycles. The second-order valence-corrected chi connectivity index (χ2v) is 13.4. The molecule has 3 heterocycles. The zero-order valence-electron chi connectivity index (χ0n) is 25.7. The molecule has 0 spiro atoms. The average Bonchev–Trinajstić information content (AvgIpc) is 3.66. The number of carbonyl (C=O) groups is 2. The van der Waals surface area contributed by atoms with Crippen molar-refractivity contribution in [3.63, 3.8) is 0 Å². The Labute approximate surface area is 287 Å². The number of methoxy groups -OCH3 is 1. The monoisotopic (exact) mass is 715 g/mol. The lowest BCUT2D eigenvalue weighted by atomic mass is 9.92. The Morgan fingerprint density at radius 2 is 1.94 bits per heavy atom. The van der Waals surface area contributed by atoms with Crippen molar-refractivity contribution in [2.45, 2.75) is 37.8 Å². The van der Waals surface area contributed by atoms with Crippen molar-refractivity contribution in [1.29, 1.82) is 0 Å². The normalized spacial score (nSPS) is 14.1. The number of nitrogens with one attached hydrogen (secondary N) is 1. The van der Waals surface area contributed by atoms with Crippen molar-refractivity contribution in [2.75, 3.05) is 20.3 Å². The molecule has 1 saturated carbocycles. The molecule has 48 heavy (non-hydrogen) atoms. The number of aromatic nitrogens is 3. The van der Waals surface area contributed by atoms with Crippen LogP contribution in [0.4, 0.5) is 8.78 Å². The van der Waals surface area contributed by atoms with E-state index >= 15 is 4.39 Å². The highest BCUT2D eigenvalue weighted by molar-refractivity contribution is 7.16. The summed E-state index contributed by atoms with van der Waals surface area (Å²) in [6, 6.07) is 9.70. The number of fused-ring (bicyclic) bond motifs is 1. The molecule has 6 rings (SSSR count). The van der Waals surface area contributed by atoms with Crippen LogP contribution >= 0.6 is 34.5 Å². The number of nitrogens with two attached hydrogens (primary N) is 1. The quantitative estimate of drug-likeness (QED) is 0.131. The number of amides is 2. The number of pyridine rings is 1. The number of benzene rings is 2. The Morgan fingerprint density at radius 3 is 2.58 bits per heavy atom. The Hall–Kier alpha value is -4.30. The smallest absolute Gasteiger partial charge is 0.251 e. The van der Waals surface area contributed by atoms with E-state index < -0.39 is 35.6 Å². The van der Waals surface area contributed by atoms with Crippen LogP contribution in [-0.2, 0) is 16.8 Å². The van der Waals surface area contributed by atoms with Gasteiger partial charge in [-0.3, -0.25) is 14.3 Å². The Morgan fingerprint density at radius 1 is 1.17 bits per heavy atom. The first-order valence-electron chi connectivity index (χ1n) is 14.9. The molecule has 0 radical (unpaired) electrons. The third kappa shape index (κ3) is 6.55. The molecule has 10 nitrogen and oxygen atoms in total.